The van der Waals surface area contributed by atoms with Crippen molar-refractivity contribution in [3.05, 3.63) is 108 Å². The summed E-state index contributed by atoms with van der Waals surface area (Å²) in [5.41, 5.74) is -1.17. The van der Waals surface area contributed by atoms with Crippen molar-refractivity contribution in [2.24, 2.45) is 11.8 Å². The highest BCUT2D eigenvalue weighted by molar-refractivity contribution is 6.30. The van der Waals surface area contributed by atoms with E-state index in [1.165, 1.54) is 16.7 Å². The maximum atomic E-state index is 13.6. The Bertz CT molecular complexity index is 1920. The summed E-state index contributed by atoms with van der Waals surface area (Å²) in [6.07, 6.45) is 1.80. The van der Waals surface area contributed by atoms with E-state index in [1.54, 1.807) is 0 Å². The molecular weight excluding hydrogens is 635 g/mol. The second kappa shape index (κ2) is 13.3. The standard InChI is InChI=1S/C21H24N2O3.C14H9ClF3NO2/c1-4-17-18(19(24)16-10-13(2)9-14(3)11-16)23(21(26)22-20(17)25)12-15-7-5-6-8-15;15-9-3-4-11-10(7-9)13(14(16,17)18,21-12(20)19-11)6-5-8-1-2-8/h5-6,9-11,15H,4,7-8,12H2,1-3H3,(H,22,25,26);3-4,7-8H,1-2H2,(H,19,20)/t;13-/m.0/s1. The molecule has 2 aliphatic carbocycles. The van der Waals surface area contributed by atoms with E-state index in [4.69, 9.17) is 11.6 Å². The summed E-state index contributed by atoms with van der Waals surface area (Å²) in [7, 11) is 0. The molecule has 1 aliphatic heterocycles. The van der Waals surface area contributed by atoms with Gasteiger partial charge in [-0.3, -0.25) is 24.5 Å². The molecule has 0 saturated heterocycles. The number of carbonyl (C=O) groups is 2. The normalized spacial score (nSPS) is 18.7. The summed E-state index contributed by atoms with van der Waals surface area (Å²) in [6.45, 7) is 6.12. The summed E-state index contributed by atoms with van der Waals surface area (Å²) >= 11 is 5.78. The fourth-order valence-corrected chi connectivity index (χ4v) is 5.92. The lowest BCUT2D eigenvalue weighted by molar-refractivity contribution is -0.239. The number of halogens is 4. The van der Waals surface area contributed by atoms with Crippen molar-refractivity contribution in [2.45, 2.75) is 71.2 Å². The Kier molecular flexibility index (Phi) is 9.55. The van der Waals surface area contributed by atoms with Gasteiger partial charge in [-0.1, -0.05) is 53.8 Å². The molecule has 1 amide bonds. The minimum atomic E-state index is -4.87. The first kappa shape index (κ1) is 33.8. The molecule has 1 atom stereocenters. The number of alkyl halides is 3. The Labute approximate surface area is 274 Å². The molecule has 2 aromatic carbocycles. The zero-order valence-corrected chi connectivity index (χ0v) is 26.8. The molecule has 1 fully saturated rings. The number of hydrogen-bond donors (Lipinski definition) is 2. The minimum Gasteiger partial charge on any atom is -0.415 e. The molecule has 12 heteroatoms. The number of aromatic nitrogens is 2. The number of aromatic amines is 1. The Balaban J connectivity index is 0.000000189. The van der Waals surface area contributed by atoms with Gasteiger partial charge in [0.15, 0.2) is 0 Å². The van der Waals surface area contributed by atoms with Crippen LogP contribution in [0.25, 0.3) is 0 Å². The molecule has 0 bridgehead atoms. The minimum absolute atomic E-state index is 0.00179. The van der Waals surface area contributed by atoms with E-state index < -0.39 is 29.1 Å². The summed E-state index contributed by atoms with van der Waals surface area (Å²) in [6, 6.07) is 9.42. The molecule has 0 spiro atoms. The first-order valence-electron chi connectivity index (χ1n) is 15.3. The number of hydrogen-bond acceptors (Lipinski definition) is 5. The van der Waals surface area contributed by atoms with Gasteiger partial charge in [0, 0.05) is 34.2 Å². The van der Waals surface area contributed by atoms with Gasteiger partial charge in [-0.15, -0.1) is 0 Å². The number of H-pyrrole nitrogens is 1. The van der Waals surface area contributed by atoms with Crippen LogP contribution in [0.3, 0.4) is 0 Å². The van der Waals surface area contributed by atoms with Crippen molar-refractivity contribution < 1.29 is 27.5 Å². The summed E-state index contributed by atoms with van der Waals surface area (Å²) in [5.74, 6) is 4.61. The van der Waals surface area contributed by atoms with Crippen LogP contribution in [-0.4, -0.2) is 27.6 Å². The number of rotatable bonds is 5. The van der Waals surface area contributed by atoms with Crippen LogP contribution in [0.5, 0.6) is 0 Å². The third kappa shape index (κ3) is 7.23. The highest BCUT2D eigenvalue weighted by Crippen LogP contribution is 2.48. The topological polar surface area (TPSA) is 110 Å². The SMILES string of the molecule is CCc1c(C(=O)c2cc(C)cc(C)c2)n(CC2CC=CC2)c(=O)[nH]c1=O.O=C1Nc2ccc(Cl)cc2[C@@](C#CC2CC2)(C(F)(F)F)O1. The van der Waals surface area contributed by atoms with E-state index >= 15 is 0 Å². The van der Waals surface area contributed by atoms with Crippen LogP contribution in [-0.2, 0) is 23.3 Å². The zero-order valence-electron chi connectivity index (χ0n) is 26.0. The highest BCUT2D eigenvalue weighted by atomic mass is 35.5. The van der Waals surface area contributed by atoms with Crippen molar-refractivity contribution in [2.75, 3.05) is 5.32 Å². The third-order valence-corrected chi connectivity index (χ3v) is 8.40. The molecule has 0 radical (unpaired) electrons. The van der Waals surface area contributed by atoms with Gasteiger partial charge in [-0.25, -0.2) is 9.59 Å². The molecular formula is C35H33ClF3N3O5. The number of benzene rings is 2. The van der Waals surface area contributed by atoms with Crippen molar-refractivity contribution >= 4 is 29.2 Å². The van der Waals surface area contributed by atoms with Gasteiger partial charge >= 0.3 is 18.0 Å². The van der Waals surface area contributed by atoms with Crippen LogP contribution in [0.1, 0.15) is 70.9 Å². The molecule has 246 valence electrons. The van der Waals surface area contributed by atoms with E-state index in [0.717, 1.165) is 42.9 Å². The van der Waals surface area contributed by atoms with Gasteiger partial charge in [-0.05, 0) is 88.1 Å². The number of cyclic esters (lactones) is 1. The number of nitrogens with zero attached hydrogens (tertiary/aromatic N) is 1. The molecule has 2 N–H and O–H groups in total. The summed E-state index contributed by atoms with van der Waals surface area (Å²) in [5, 5.41) is 2.34. The van der Waals surface area contributed by atoms with Crippen molar-refractivity contribution in [3.63, 3.8) is 0 Å². The highest BCUT2D eigenvalue weighted by Gasteiger charge is 2.62. The number of ketones is 1. The quantitative estimate of drug-likeness (QED) is 0.173. The van der Waals surface area contributed by atoms with E-state index in [-0.39, 0.29) is 39.6 Å². The molecule has 47 heavy (non-hydrogen) atoms. The second-order valence-corrected chi connectivity index (χ2v) is 12.4. The van der Waals surface area contributed by atoms with E-state index in [9.17, 15) is 32.3 Å². The van der Waals surface area contributed by atoms with Gasteiger partial charge in [0.05, 0.1) is 5.69 Å². The van der Waals surface area contributed by atoms with Crippen LogP contribution in [0.4, 0.5) is 23.7 Å². The number of fused-ring (bicyclic) bond motifs is 1. The molecule has 1 aromatic heterocycles. The summed E-state index contributed by atoms with van der Waals surface area (Å²) < 4.78 is 46.9. The molecule has 0 unspecified atom stereocenters. The van der Waals surface area contributed by atoms with Gasteiger partial charge in [0.1, 0.15) is 5.69 Å². The molecule has 3 aromatic rings. The first-order chi connectivity index (χ1) is 22.2. The first-order valence-corrected chi connectivity index (χ1v) is 15.6. The lowest BCUT2D eigenvalue weighted by Crippen LogP contribution is -2.49. The van der Waals surface area contributed by atoms with Crippen LogP contribution >= 0.6 is 11.6 Å². The van der Waals surface area contributed by atoms with Gasteiger partial charge in [0.2, 0.25) is 5.78 Å². The monoisotopic (exact) mass is 667 g/mol. The van der Waals surface area contributed by atoms with Crippen LogP contribution in [0.15, 0.2) is 58.1 Å². The molecule has 8 nitrogen and oxygen atoms in total. The van der Waals surface area contributed by atoms with Crippen molar-refractivity contribution in [3.8, 4) is 11.8 Å². The van der Waals surface area contributed by atoms with Crippen LogP contribution in [0.2, 0.25) is 5.02 Å². The number of anilines is 1. The Hall–Kier alpha value is -4.56. The largest absolute Gasteiger partial charge is 0.445 e. The Morgan fingerprint density at radius 3 is 2.32 bits per heavy atom. The predicted octanol–water partition coefficient (Wildman–Crippen LogP) is 6.99. The van der Waals surface area contributed by atoms with Gasteiger partial charge < -0.3 is 4.74 Å². The number of ether oxygens (including phenoxy) is 1. The molecule has 2 heterocycles. The maximum Gasteiger partial charge on any atom is 0.445 e. The smallest absolute Gasteiger partial charge is 0.415 e. The molecule has 3 aliphatic rings. The zero-order chi connectivity index (χ0) is 34.1. The van der Waals surface area contributed by atoms with Crippen molar-refractivity contribution in [1.82, 2.24) is 9.55 Å². The van der Waals surface area contributed by atoms with E-state index in [2.05, 4.69) is 39.0 Å². The van der Waals surface area contributed by atoms with E-state index in [0.29, 0.717) is 24.1 Å². The predicted molar refractivity (Wildman–Crippen MR) is 172 cm³/mol. The third-order valence-electron chi connectivity index (χ3n) is 8.17. The lowest BCUT2D eigenvalue weighted by atomic mass is 9.90. The second-order valence-electron chi connectivity index (χ2n) is 12.0. The Morgan fingerprint density at radius 1 is 1.06 bits per heavy atom. The average Bonchev–Trinajstić information content (AvgIpc) is 3.69. The fraction of sp³-hybridized carbons (Fsp3) is 0.371. The number of amides is 1. The number of allylic oxidation sites excluding steroid dienone is 2. The lowest BCUT2D eigenvalue weighted by Gasteiger charge is -2.35. The maximum absolute atomic E-state index is 13.6. The van der Waals surface area contributed by atoms with Crippen LogP contribution in [0, 0.1) is 37.5 Å². The number of aryl methyl sites for hydroxylation is 2. The summed E-state index contributed by atoms with van der Waals surface area (Å²) in [4.78, 5) is 52.0. The number of nitrogens with one attached hydrogen (secondary N) is 2. The van der Waals surface area contributed by atoms with Gasteiger partial charge in [0.25, 0.3) is 11.2 Å². The van der Waals surface area contributed by atoms with E-state index in [1.807, 2.05) is 39.0 Å². The van der Waals surface area contributed by atoms with Gasteiger partial charge in [-0.2, -0.15) is 13.2 Å². The number of carbonyl (C=O) groups excluding carboxylic acids is 2. The van der Waals surface area contributed by atoms with Crippen molar-refractivity contribution in [1.29, 1.82) is 0 Å². The molecule has 6 rings (SSSR count). The molecule has 1 saturated carbocycles. The van der Waals surface area contributed by atoms with Crippen LogP contribution < -0.4 is 16.6 Å². The Morgan fingerprint density at radius 2 is 1.72 bits per heavy atom. The fourth-order valence-electron chi connectivity index (χ4n) is 5.75. The average molecular weight is 668 g/mol.